The van der Waals surface area contributed by atoms with E-state index in [1.165, 1.54) is 0 Å². The normalized spacial score (nSPS) is 18.4. The Morgan fingerprint density at radius 3 is 2.68 bits per heavy atom. The lowest BCUT2D eigenvalue weighted by Crippen LogP contribution is -2.43. The van der Waals surface area contributed by atoms with Crippen LogP contribution in [0, 0.1) is 0 Å². The fourth-order valence-corrected chi connectivity index (χ4v) is 4.97. The van der Waals surface area contributed by atoms with E-state index in [9.17, 15) is 9.59 Å². The number of benzene rings is 2. The van der Waals surface area contributed by atoms with Gasteiger partial charge in [0.15, 0.2) is 6.10 Å². The highest BCUT2D eigenvalue weighted by molar-refractivity contribution is 6.07. The third-order valence-electron chi connectivity index (χ3n) is 6.45. The van der Waals surface area contributed by atoms with E-state index in [-0.39, 0.29) is 11.9 Å². The number of hydrogen-bond donors (Lipinski definition) is 0. The van der Waals surface area contributed by atoms with Gasteiger partial charge in [-0.15, -0.1) is 0 Å². The number of esters is 1. The molecule has 2 atom stereocenters. The quantitative estimate of drug-likeness (QED) is 0.586. The van der Waals surface area contributed by atoms with E-state index >= 15 is 0 Å². The van der Waals surface area contributed by atoms with Gasteiger partial charge in [-0.2, -0.15) is 0 Å². The van der Waals surface area contributed by atoms with Crippen molar-refractivity contribution in [3.05, 3.63) is 70.9 Å². The lowest BCUT2D eigenvalue weighted by molar-refractivity contribution is -0.126. The van der Waals surface area contributed by atoms with Gasteiger partial charge < -0.3 is 9.64 Å². The van der Waals surface area contributed by atoms with E-state index in [2.05, 4.69) is 0 Å². The first kappa shape index (κ1) is 19.7. The third kappa shape index (κ3) is 3.38. The molecule has 2 aromatic carbocycles. The van der Waals surface area contributed by atoms with E-state index in [1.807, 2.05) is 55.5 Å². The van der Waals surface area contributed by atoms with Crippen molar-refractivity contribution in [1.29, 1.82) is 0 Å². The number of nitrogens with zero attached hydrogens (tertiary/aromatic N) is 2. The number of rotatable bonds is 3. The van der Waals surface area contributed by atoms with Crippen LogP contribution in [0.5, 0.6) is 0 Å². The second-order valence-corrected chi connectivity index (χ2v) is 8.57. The van der Waals surface area contributed by atoms with Crippen molar-refractivity contribution in [2.24, 2.45) is 0 Å². The van der Waals surface area contributed by atoms with Crippen molar-refractivity contribution < 1.29 is 14.3 Å². The summed E-state index contributed by atoms with van der Waals surface area (Å²) in [4.78, 5) is 33.2. The summed E-state index contributed by atoms with van der Waals surface area (Å²) in [5.74, 6) is -0.615. The predicted octanol–water partition coefficient (Wildman–Crippen LogP) is 4.64. The van der Waals surface area contributed by atoms with Crippen LogP contribution in [-0.4, -0.2) is 29.0 Å². The number of ether oxygens (including phenoxy) is 1. The molecule has 31 heavy (non-hydrogen) atoms. The Hall–Kier alpha value is -3.21. The van der Waals surface area contributed by atoms with Crippen LogP contribution in [-0.2, 0) is 28.8 Å². The molecule has 0 fully saturated rings. The molecular weight excluding hydrogens is 388 g/mol. The molecule has 0 saturated carbocycles. The number of hydrogen-bond acceptors (Lipinski definition) is 4. The molecular formula is C26H26N2O3. The van der Waals surface area contributed by atoms with Crippen molar-refractivity contribution in [3.8, 4) is 0 Å². The molecule has 1 aliphatic carbocycles. The maximum absolute atomic E-state index is 13.4. The van der Waals surface area contributed by atoms with Crippen molar-refractivity contribution in [2.75, 3.05) is 4.90 Å². The van der Waals surface area contributed by atoms with Gasteiger partial charge in [-0.1, -0.05) is 36.4 Å². The highest BCUT2D eigenvalue weighted by Crippen LogP contribution is 2.33. The summed E-state index contributed by atoms with van der Waals surface area (Å²) < 4.78 is 5.79. The molecule has 1 aromatic heterocycles. The monoisotopic (exact) mass is 414 g/mol. The summed E-state index contributed by atoms with van der Waals surface area (Å²) in [5.41, 5.74) is 5.41. The van der Waals surface area contributed by atoms with Gasteiger partial charge in [-0.3, -0.25) is 9.78 Å². The minimum absolute atomic E-state index is 0.0422. The maximum Gasteiger partial charge on any atom is 0.339 e. The molecule has 5 heteroatoms. The molecule has 1 aliphatic heterocycles. The zero-order valence-electron chi connectivity index (χ0n) is 17.9. The molecule has 0 unspecified atom stereocenters. The molecule has 0 radical (unpaired) electrons. The third-order valence-corrected chi connectivity index (χ3v) is 6.45. The average molecular weight is 415 g/mol. The summed E-state index contributed by atoms with van der Waals surface area (Å²) in [6, 6.07) is 15.6. The summed E-state index contributed by atoms with van der Waals surface area (Å²) in [7, 11) is 0. The number of anilines is 1. The SMILES string of the molecule is C[C@@H](OC(=O)c1c2c(nc3ccccc13)CCCC2)C(=O)N1c2ccccc2C[C@@H]1C. The largest absolute Gasteiger partial charge is 0.449 e. The smallest absolute Gasteiger partial charge is 0.339 e. The van der Waals surface area contributed by atoms with Gasteiger partial charge in [0.25, 0.3) is 5.91 Å². The Morgan fingerprint density at radius 1 is 1.06 bits per heavy atom. The van der Waals surface area contributed by atoms with Gasteiger partial charge >= 0.3 is 5.97 Å². The Balaban J connectivity index is 1.46. The van der Waals surface area contributed by atoms with Gasteiger partial charge in [0.05, 0.1) is 11.1 Å². The van der Waals surface area contributed by atoms with Crippen molar-refractivity contribution in [1.82, 2.24) is 4.98 Å². The van der Waals surface area contributed by atoms with Gasteiger partial charge in [0.1, 0.15) is 0 Å². The lowest BCUT2D eigenvalue weighted by Gasteiger charge is -2.26. The van der Waals surface area contributed by atoms with Crippen LogP contribution in [0.1, 0.15) is 53.9 Å². The highest BCUT2D eigenvalue weighted by atomic mass is 16.5. The molecule has 158 valence electrons. The lowest BCUT2D eigenvalue weighted by atomic mass is 9.90. The van der Waals surface area contributed by atoms with Gasteiger partial charge in [-0.25, -0.2) is 4.79 Å². The van der Waals surface area contributed by atoms with Gasteiger partial charge in [0, 0.05) is 22.8 Å². The predicted molar refractivity (Wildman–Crippen MR) is 120 cm³/mol. The molecule has 2 heterocycles. The van der Waals surface area contributed by atoms with Crippen LogP contribution >= 0.6 is 0 Å². The molecule has 3 aromatic rings. The number of carbonyl (C=O) groups is 2. The fraction of sp³-hybridized carbons (Fsp3) is 0.346. The fourth-order valence-electron chi connectivity index (χ4n) is 4.97. The Kier molecular flexibility index (Phi) is 4.97. The Morgan fingerprint density at radius 2 is 1.81 bits per heavy atom. The van der Waals surface area contributed by atoms with Crippen molar-refractivity contribution in [3.63, 3.8) is 0 Å². The first-order chi connectivity index (χ1) is 15.0. The zero-order chi connectivity index (χ0) is 21.5. The van der Waals surface area contributed by atoms with E-state index in [0.717, 1.165) is 65.5 Å². The van der Waals surface area contributed by atoms with Crippen LogP contribution < -0.4 is 4.90 Å². The van der Waals surface area contributed by atoms with E-state index < -0.39 is 12.1 Å². The van der Waals surface area contributed by atoms with Crippen LogP contribution in [0.25, 0.3) is 10.9 Å². The summed E-state index contributed by atoms with van der Waals surface area (Å²) in [6.07, 6.45) is 3.74. The van der Waals surface area contributed by atoms with Crippen LogP contribution in [0.3, 0.4) is 0 Å². The number of amides is 1. The standard InChI is InChI=1S/C26H26N2O3/c1-16-15-18-9-3-8-14-23(18)28(16)25(29)17(2)31-26(30)24-19-10-4-6-12-21(19)27-22-13-7-5-11-20(22)24/h3-4,6,8-10,12,14,16-17H,5,7,11,13,15H2,1-2H3/t16-,17+/m0/s1. The van der Waals surface area contributed by atoms with E-state index in [1.54, 1.807) is 11.8 Å². The minimum atomic E-state index is -0.868. The number of pyridine rings is 1. The molecule has 0 saturated heterocycles. The van der Waals surface area contributed by atoms with E-state index in [0.29, 0.717) is 5.56 Å². The van der Waals surface area contributed by atoms with Crippen molar-refractivity contribution >= 4 is 28.5 Å². The van der Waals surface area contributed by atoms with Crippen molar-refractivity contribution in [2.45, 2.75) is 58.1 Å². The number of carbonyl (C=O) groups excluding carboxylic acids is 2. The molecule has 5 nitrogen and oxygen atoms in total. The summed E-state index contributed by atoms with van der Waals surface area (Å²) in [5, 5.41) is 0.799. The number of aromatic nitrogens is 1. The maximum atomic E-state index is 13.4. The number of fused-ring (bicyclic) bond motifs is 3. The second kappa shape index (κ2) is 7.80. The number of aryl methyl sites for hydroxylation is 1. The first-order valence-corrected chi connectivity index (χ1v) is 11.1. The highest BCUT2D eigenvalue weighted by Gasteiger charge is 2.35. The molecule has 0 N–H and O–H groups in total. The second-order valence-electron chi connectivity index (χ2n) is 8.57. The van der Waals surface area contributed by atoms with Crippen LogP contribution in [0.2, 0.25) is 0 Å². The summed E-state index contributed by atoms with van der Waals surface area (Å²) in [6.45, 7) is 3.70. The minimum Gasteiger partial charge on any atom is -0.449 e. The molecule has 5 rings (SSSR count). The van der Waals surface area contributed by atoms with Gasteiger partial charge in [-0.05, 0) is 69.2 Å². The number of para-hydroxylation sites is 2. The molecule has 0 spiro atoms. The average Bonchev–Trinajstić information content (AvgIpc) is 3.12. The first-order valence-electron chi connectivity index (χ1n) is 11.1. The molecule has 1 amide bonds. The summed E-state index contributed by atoms with van der Waals surface area (Å²) >= 11 is 0. The topological polar surface area (TPSA) is 59.5 Å². The Bertz CT molecular complexity index is 1190. The Labute approximate surface area is 182 Å². The van der Waals surface area contributed by atoms with Crippen LogP contribution in [0.15, 0.2) is 48.5 Å². The van der Waals surface area contributed by atoms with Gasteiger partial charge in [0.2, 0.25) is 0 Å². The zero-order valence-corrected chi connectivity index (χ0v) is 17.9. The molecule has 2 aliphatic rings. The van der Waals surface area contributed by atoms with Crippen LogP contribution in [0.4, 0.5) is 5.69 Å². The molecule has 0 bridgehead atoms. The van der Waals surface area contributed by atoms with E-state index in [4.69, 9.17) is 9.72 Å².